The lowest BCUT2D eigenvalue weighted by atomic mass is 9.79. The molecule has 0 atom stereocenters. The number of fused-ring (bicyclic) bond motifs is 4. The van der Waals surface area contributed by atoms with E-state index in [1.54, 1.807) is 12.1 Å². The van der Waals surface area contributed by atoms with Gasteiger partial charge in [0, 0.05) is 18.4 Å². The Morgan fingerprint density at radius 3 is 1.06 bits per heavy atom. The van der Waals surface area contributed by atoms with Crippen LogP contribution in [0.1, 0.15) is 128 Å². The number of alkyl halides is 6. The van der Waals surface area contributed by atoms with Gasteiger partial charge in [-0.2, -0.15) is 31.6 Å². The highest BCUT2D eigenvalue weighted by atomic mass is 19.4. The fourth-order valence-corrected chi connectivity index (χ4v) is 11.1. The fraction of sp³-hybridized carbons (Fsp3) is 0.351. The Bertz CT molecular complexity index is 3050. The van der Waals surface area contributed by atoms with Crippen molar-refractivity contribution in [1.82, 2.24) is 0 Å². The summed E-state index contributed by atoms with van der Waals surface area (Å²) >= 11 is 0. The molecule has 0 saturated carbocycles. The van der Waals surface area contributed by atoms with Crippen molar-refractivity contribution >= 4 is 34.1 Å². The third kappa shape index (κ3) is 6.52. The van der Waals surface area contributed by atoms with Crippen molar-refractivity contribution in [2.75, 3.05) is 9.80 Å². The maximum absolute atomic E-state index is 15.5. The summed E-state index contributed by atoms with van der Waals surface area (Å²) in [5.41, 5.74) is 21.9. The molecule has 342 valence electrons. The van der Waals surface area contributed by atoms with Crippen LogP contribution in [0.15, 0.2) is 30.3 Å². The first-order valence-corrected chi connectivity index (χ1v) is 22.5. The molecule has 0 spiro atoms. The Morgan fingerprint density at radius 2 is 0.727 bits per heavy atom. The minimum Gasteiger partial charge on any atom is -0.308 e. The molecule has 0 N–H and O–H groups in total. The van der Waals surface area contributed by atoms with Crippen LogP contribution in [0.4, 0.5) is 60.5 Å². The van der Waals surface area contributed by atoms with E-state index in [0.717, 1.165) is 129 Å². The van der Waals surface area contributed by atoms with Crippen LogP contribution in [-0.4, -0.2) is 0 Å². The molecule has 0 fully saturated rings. The Kier molecular flexibility index (Phi) is 11.0. The predicted molar refractivity (Wildman–Crippen MR) is 257 cm³/mol. The molecule has 0 bridgehead atoms. The van der Waals surface area contributed by atoms with E-state index in [2.05, 4.69) is 94.1 Å². The van der Waals surface area contributed by atoms with Gasteiger partial charge in [0.15, 0.2) is 0 Å². The van der Waals surface area contributed by atoms with Gasteiger partial charge in [-0.25, -0.2) is 0 Å². The summed E-state index contributed by atoms with van der Waals surface area (Å²) in [5.74, 6) is 0. The summed E-state index contributed by atoms with van der Waals surface area (Å²) in [7, 11) is 0. The van der Waals surface area contributed by atoms with Gasteiger partial charge >= 0.3 is 12.4 Å². The lowest BCUT2D eigenvalue weighted by molar-refractivity contribution is -0.142. The number of nitriles is 1. The van der Waals surface area contributed by atoms with Gasteiger partial charge in [0.2, 0.25) is 0 Å². The van der Waals surface area contributed by atoms with Crippen LogP contribution in [0.25, 0.3) is 11.1 Å². The molecule has 9 heteroatoms. The number of hydrogen-bond acceptors (Lipinski definition) is 3. The van der Waals surface area contributed by atoms with Crippen molar-refractivity contribution in [3.8, 4) is 17.2 Å². The van der Waals surface area contributed by atoms with Gasteiger partial charge in [-0.1, -0.05) is 12.1 Å². The quantitative estimate of drug-likeness (QED) is 0.166. The van der Waals surface area contributed by atoms with Gasteiger partial charge in [-0.3, -0.25) is 0 Å². The fourth-order valence-electron chi connectivity index (χ4n) is 11.1. The maximum Gasteiger partial charge on any atom is 0.417 e. The molecule has 0 radical (unpaired) electrons. The van der Waals surface area contributed by atoms with Crippen LogP contribution in [-0.2, 0) is 25.2 Å². The third-order valence-corrected chi connectivity index (χ3v) is 16.4. The van der Waals surface area contributed by atoms with Gasteiger partial charge in [0.05, 0.1) is 45.3 Å². The highest BCUT2D eigenvalue weighted by Crippen LogP contribution is 2.59. The van der Waals surface area contributed by atoms with Crippen LogP contribution in [0, 0.1) is 122 Å². The zero-order valence-corrected chi connectivity index (χ0v) is 40.9. The topological polar surface area (TPSA) is 30.3 Å². The van der Waals surface area contributed by atoms with Gasteiger partial charge in [0.1, 0.15) is 11.6 Å². The van der Waals surface area contributed by atoms with E-state index in [1.165, 1.54) is 11.1 Å². The lowest BCUT2D eigenvalue weighted by Crippen LogP contribution is -2.28. The van der Waals surface area contributed by atoms with Crippen LogP contribution in [0.5, 0.6) is 0 Å². The van der Waals surface area contributed by atoms with E-state index in [1.807, 2.05) is 32.6 Å². The normalized spacial score (nSPS) is 13.4. The van der Waals surface area contributed by atoms with Crippen LogP contribution in [0.2, 0.25) is 0 Å². The van der Waals surface area contributed by atoms with Crippen molar-refractivity contribution in [2.24, 2.45) is 0 Å². The molecular formula is C57H57F6N3. The standard InChI is InChI=1S/C57H57F6N3/c1-25-29(5)37(13)51-44(33(25)9)22-45-34(10)26(2)30(6)38(14)52(45)65(51)50-20-19-43(42-18-17-41(56(58,59)60)21-49(42)57(61,62)63)55(48(50)24-64)66-53-39(15)31(7)27(3)35(11)46(53)23-47-36(12)28(4)32(8)40(16)54(47)66/h17-21H,22-23H2,1-16H3. The first-order chi connectivity index (χ1) is 30.7. The summed E-state index contributed by atoms with van der Waals surface area (Å²) in [4.78, 5) is 4.18. The molecule has 2 heterocycles. The molecular weight excluding hydrogens is 841 g/mol. The van der Waals surface area contributed by atoms with E-state index >= 15 is 13.2 Å². The van der Waals surface area contributed by atoms with Crippen molar-refractivity contribution in [2.45, 2.75) is 136 Å². The van der Waals surface area contributed by atoms with E-state index in [9.17, 15) is 18.4 Å². The smallest absolute Gasteiger partial charge is 0.308 e. The summed E-state index contributed by atoms with van der Waals surface area (Å²) < 4.78 is 89.5. The Hall–Kier alpha value is -6.01. The number of halogens is 6. The Labute approximate surface area is 385 Å². The molecule has 0 saturated heterocycles. The highest BCUT2D eigenvalue weighted by molar-refractivity contribution is 6.02. The number of nitrogens with zero attached hydrogens (tertiary/aromatic N) is 3. The number of hydrogen-bond donors (Lipinski definition) is 0. The molecule has 2 aliphatic heterocycles. The van der Waals surface area contributed by atoms with Crippen molar-refractivity contribution in [3.05, 3.63) is 158 Å². The molecule has 2 aliphatic rings. The zero-order valence-electron chi connectivity index (χ0n) is 40.9. The second kappa shape index (κ2) is 15.5. The maximum atomic E-state index is 15.5. The molecule has 3 nitrogen and oxygen atoms in total. The highest BCUT2D eigenvalue weighted by Gasteiger charge is 2.42. The number of rotatable bonds is 3. The molecule has 8 rings (SSSR count). The molecule has 0 aliphatic carbocycles. The Balaban J connectivity index is 1.66. The summed E-state index contributed by atoms with van der Waals surface area (Å²) in [6.45, 7) is 33.3. The van der Waals surface area contributed by atoms with Crippen LogP contribution in [0.3, 0.4) is 0 Å². The lowest BCUT2D eigenvalue weighted by Gasteiger charge is -2.43. The average Bonchev–Trinajstić information content (AvgIpc) is 3.28. The zero-order chi connectivity index (χ0) is 48.7. The van der Waals surface area contributed by atoms with E-state index in [0.29, 0.717) is 24.6 Å². The molecule has 66 heavy (non-hydrogen) atoms. The van der Waals surface area contributed by atoms with E-state index < -0.39 is 29.0 Å². The molecule has 0 unspecified atom stereocenters. The van der Waals surface area contributed by atoms with Gasteiger partial charge in [-0.05, 0) is 246 Å². The monoisotopic (exact) mass is 897 g/mol. The Morgan fingerprint density at radius 1 is 0.394 bits per heavy atom. The van der Waals surface area contributed by atoms with Crippen molar-refractivity contribution < 1.29 is 26.3 Å². The largest absolute Gasteiger partial charge is 0.417 e. The van der Waals surface area contributed by atoms with Gasteiger partial charge in [-0.15, -0.1) is 0 Å². The first kappa shape index (κ1) is 46.5. The van der Waals surface area contributed by atoms with E-state index in [4.69, 9.17) is 0 Å². The summed E-state index contributed by atoms with van der Waals surface area (Å²) in [6.07, 6.45) is -9.02. The molecule has 0 aromatic heterocycles. The van der Waals surface area contributed by atoms with Crippen LogP contribution >= 0.6 is 0 Å². The minimum atomic E-state index is -5.18. The molecule has 0 amide bonds. The van der Waals surface area contributed by atoms with Crippen molar-refractivity contribution in [3.63, 3.8) is 0 Å². The second-order valence-corrected chi connectivity index (χ2v) is 19.1. The minimum absolute atomic E-state index is 0.000790. The first-order valence-electron chi connectivity index (χ1n) is 22.5. The van der Waals surface area contributed by atoms with Crippen LogP contribution < -0.4 is 9.80 Å². The van der Waals surface area contributed by atoms with E-state index in [-0.39, 0.29) is 22.9 Å². The number of anilines is 6. The molecule has 6 aromatic carbocycles. The second-order valence-electron chi connectivity index (χ2n) is 19.1. The molecule has 6 aromatic rings. The van der Waals surface area contributed by atoms with Gasteiger partial charge < -0.3 is 9.80 Å². The third-order valence-electron chi connectivity index (χ3n) is 16.4. The average molecular weight is 898 g/mol. The summed E-state index contributed by atoms with van der Waals surface area (Å²) in [6, 6.07) is 7.74. The predicted octanol–water partition coefficient (Wildman–Crippen LogP) is 16.9. The van der Waals surface area contributed by atoms with Crippen molar-refractivity contribution in [1.29, 1.82) is 5.26 Å². The SMILES string of the molecule is Cc1c(C)c(C)c2c(c1C)Cc1c(C)c(C)c(C)c(C)c1N2c1ccc(-c2ccc(C(F)(F)F)cc2C(F)(F)F)c(N2c3c(C)c(C)c(C)c(C)c3Cc3c(C)c(C)c(C)c(C)c32)c1C#N. The summed E-state index contributed by atoms with van der Waals surface area (Å²) in [5, 5.41) is 12.0. The van der Waals surface area contributed by atoms with Gasteiger partial charge in [0.25, 0.3) is 0 Å². The number of benzene rings is 6.